The van der Waals surface area contributed by atoms with Crippen LogP contribution in [0.4, 0.5) is 0 Å². The van der Waals surface area contributed by atoms with E-state index in [2.05, 4.69) is 13.8 Å². The number of phenolic OH excluding ortho intramolecular Hbond substituents is 2. The van der Waals surface area contributed by atoms with Gasteiger partial charge in [0.1, 0.15) is 11.5 Å². The molecule has 2 rings (SSSR count). The maximum atomic E-state index is 10.4. The number of aliphatic hydroxyl groups is 1. The lowest BCUT2D eigenvalue weighted by atomic mass is 9.81. The fourth-order valence-electron chi connectivity index (χ4n) is 3.32. The smallest absolute Gasteiger partial charge is 0.127 e. The van der Waals surface area contributed by atoms with Crippen LogP contribution in [-0.2, 0) is 6.42 Å². The molecule has 22 heavy (non-hydrogen) atoms. The Morgan fingerprint density at radius 3 is 2.41 bits per heavy atom. The second-order valence-corrected chi connectivity index (χ2v) is 6.55. The lowest BCUT2D eigenvalue weighted by Crippen LogP contribution is -2.10. The van der Waals surface area contributed by atoms with E-state index in [9.17, 15) is 15.3 Å². The molecule has 3 nitrogen and oxygen atoms in total. The van der Waals surface area contributed by atoms with Gasteiger partial charge in [0.15, 0.2) is 0 Å². The lowest BCUT2D eigenvalue weighted by Gasteiger charge is -2.25. The molecule has 0 amide bonds. The summed E-state index contributed by atoms with van der Waals surface area (Å²) in [5.74, 6) is 0.788. The number of phenols is 2. The first-order valence-electron chi connectivity index (χ1n) is 8.43. The van der Waals surface area contributed by atoms with Crippen molar-refractivity contribution >= 4 is 5.57 Å². The molecule has 1 aliphatic carbocycles. The largest absolute Gasteiger partial charge is 0.507 e. The van der Waals surface area contributed by atoms with Crippen molar-refractivity contribution in [3.63, 3.8) is 0 Å². The second kappa shape index (κ2) is 7.68. The van der Waals surface area contributed by atoms with Crippen LogP contribution in [0, 0.1) is 5.92 Å². The van der Waals surface area contributed by atoms with Gasteiger partial charge in [-0.25, -0.2) is 0 Å². The molecule has 0 spiro atoms. The average molecular weight is 304 g/mol. The number of hydrogen-bond acceptors (Lipinski definition) is 3. The summed E-state index contributed by atoms with van der Waals surface area (Å²) in [6.07, 6.45) is 6.93. The Labute approximate surface area is 133 Å². The van der Waals surface area contributed by atoms with Crippen molar-refractivity contribution < 1.29 is 15.3 Å². The van der Waals surface area contributed by atoms with Gasteiger partial charge in [0, 0.05) is 0 Å². The van der Waals surface area contributed by atoms with Crippen LogP contribution < -0.4 is 0 Å². The number of aliphatic hydroxyl groups excluding tert-OH is 1. The molecule has 1 atom stereocenters. The Bertz CT molecular complexity index is 523. The molecule has 0 bridgehead atoms. The number of allylic oxidation sites excluding steroid dienone is 1. The lowest BCUT2D eigenvalue weighted by molar-refractivity contribution is 0.319. The van der Waals surface area contributed by atoms with Crippen LogP contribution in [0.5, 0.6) is 11.5 Å². The van der Waals surface area contributed by atoms with Crippen LogP contribution in [0.3, 0.4) is 0 Å². The topological polar surface area (TPSA) is 60.7 Å². The summed E-state index contributed by atoms with van der Waals surface area (Å²) in [6.45, 7) is 4.33. The number of hydrogen-bond donors (Lipinski definition) is 3. The molecular weight excluding hydrogens is 276 g/mol. The third kappa shape index (κ3) is 3.83. The van der Waals surface area contributed by atoms with Gasteiger partial charge in [-0.05, 0) is 66.9 Å². The quantitative estimate of drug-likeness (QED) is 0.683. The first-order valence-corrected chi connectivity index (χ1v) is 8.43. The van der Waals surface area contributed by atoms with E-state index in [1.54, 1.807) is 12.1 Å². The maximum Gasteiger partial charge on any atom is 0.127 e. The standard InChI is InChI=1S/C19H28O3/c1-3-4-5-6-14-10-17(21)19(18(22)11-14)16-9-13(2)7-8-15(16)12-20/h10-11,13,20-22H,3-9,12H2,1-2H3. The number of benzene rings is 1. The van der Waals surface area contributed by atoms with Crippen molar-refractivity contribution in [1.29, 1.82) is 0 Å². The van der Waals surface area contributed by atoms with Crippen molar-refractivity contribution in [2.75, 3.05) is 6.61 Å². The normalized spacial score (nSPS) is 18.8. The molecule has 3 heteroatoms. The molecule has 0 fully saturated rings. The maximum absolute atomic E-state index is 10.4. The molecule has 0 saturated carbocycles. The van der Waals surface area contributed by atoms with Gasteiger partial charge >= 0.3 is 0 Å². The van der Waals surface area contributed by atoms with E-state index < -0.39 is 0 Å². The minimum Gasteiger partial charge on any atom is -0.507 e. The predicted octanol–water partition coefficient (Wildman–Crippen LogP) is 4.40. The third-order valence-electron chi connectivity index (χ3n) is 4.64. The Balaban J connectivity index is 2.33. The van der Waals surface area contributed by atoms with Crippen LogP contribution in [0.15, 0.2) is 17.7 Å². The molecule has 0 heterocycles. The van der Waals surface area contributed by atoms with Crippen molar-refractivity contribution in [1.82, 2.24) is 0 Å². The molecule has 0 saturated heterocycles. The van der Waals surface area contributed by atoms with Gasteiger partial charge in [-0.2, -0.15) is 0 Å². The number of aromatic hydroxyl groups is 2. The van der Waals surface area contributed by atoms with Gasteiger partial charge in [0.2, 0.25) is 0 Å². The Morgan fingerprint density at radius 1 is 1.14 bits per heavy atom. The summed E-state index contributed by atoms with van der Waals surface area (Å²) in [6, 6.07) is 3.54. The number of aryl methyl sites for hydroxylation is 1. The number of unbranched alkanes of at least 4 members (excludes halogenated alkanes) is 2. The highest BCUT2D eigenvalue weighted by atomic mass is 16.3. The van der Waals surface area contributed by atoms with Gasteiger partial charge in [-0.3, -0.25) is 0 Å². The summed E-state index contributed by atoms with van der Waals surface area (Å²) < 4.78 is 0. The molecule has 1 aliphatic rings. The molecular formula is C19H28O3. The zero-order chi connectivity index (χ0) is 16.1. The molecule has 122 valence electrons. The predicted molar refractivity (Wildman–Crippen MR) is 90.0 cm³/mol. The van der Waals surface area contributed by atoms with Crippen molar-refractivity contribution in [2.45, 2.75) is 58.8 Å². The summed E-state index contributed by atoms with van der Waals surface area (Å²) in [5, 5.41) is 30.4. The fraction of sp³-hybridized carbons (Fsp3) is 0.579. The van der Waals surface area contributed by atoms with Crippen LogP contribution in [0.1, 0.15) is 63.5 Å². The fourth-order valence-corrected chi connectivity index (χ4v) is 3.32. The Kier molecular flexibility index (Phi) is 5.90. The van der Waals surface area contributed by atoms with E-state index in [0.717, 1.165) is 61.7 Å². The minimum absolute atomic E-state index is 0.000809. The molecule has 0 radical (unpaired) electrons. The highest BCUT2D eigenvalue weighted by molar-refractivity contribution is 5.78. The van der Waals surface area contributed by atoms with Crippen LogP contribution >= 0.6 is 0 Å². The van der Waals surface area contributed by atoms with Gasteiger partial charge in [-0.1, -0.05) is 26.7 Å². The van der Waals surface area contributed by atoms with E-state index in [0.29, 0.717) is 11.5 Å². The molecule has 0 aliphatic heterocycles. The van der Waals surface area contributed by atoms with E-state index in [1.165, 1.54) is 0 Å². The SMILES string of the molecule is CCCCCc1cc(O)c(C2=C(CO)CCC(C)C2)c(O)c1. The van der Waals surface area contributed by atoms with Gasteiger partial charge in [0.05, 0.1) is 12.2 Å². The zero-order valence-electron chi connectivity index (χ0n) is 13.7. The van der Waals surface area contributed by atoms with E-state index in [1.807, 2.05) is 0 Å². The van der Waals surface area contributed by atoms with Crippen molar-refractivity contribution in [2.24, 2.45) is 5.92 Å². The molecule has 1 aromatic carbocycles. The second-order valence-electron chi connectivity index (χ2n) is 6.55. The summed E-state index contributed by atoms with van der Waals surface area (Å²) in [5.41, 5.74) is 3.37. The third-order valence-corrected chi connectivity index (χ3v) is 4.64. The van der Waals surface area contributed by atoms with E-state index in [-0.39, 0.29) is 18.1 Å². The van der Waals surface area contributed by atoms with Gasteiger partial charge < -0.3 is 15.3 Å². The Morgan fingerprint density at radius 2 is 1.82 bits per heavy atom. The average Bonchev–Trinajstić information content (AvgIpc) is 2.47. The summed E-state index contributed by atoms with van der Waals surface area (Å²) in [7, 11) is 0. The highest BCUT2D eigenvalue weighted by Crippen LogP contribution is 2.43. The summed E-state index contributed by atoms with van der Waals surface area (Å²) >= 11 is 0. The molecule has 3 N–H and O–H groups in total. The van der Waals surface area contributed by atoms with Crippen LogP contribution in [-0.4, -0.2) is 21.9 Å². The van der Waals surface area contributed by atoms with Crippen LogP contribution in [0.25, 0.3) is 5.57 Å². The highest BCUT2D eigenvalue weighted by Gasteiger charge is 2.23. The van der Waals surface area contributed by atoms with E-state index >= 15 is 0 Å². The van der Waals surface area contributed by atoms with Crippen molar-refractivity contribution in [3.8, 4) is 11.5 Å². The molecule has 0 aromatic heterocycles. The monoisotopic (exact) mass is 304 g/mol. The minimum atomic E-state index is -0.000809. The first kappa shape index (κ1) is 16.9. The van der Waals surface area contributed by atoms with Crippen LogP contribution in [0.2, 0.25) is 0 Å². The van der Waals surface area contributed by atoms with Gasteiger partial charge in [-0.15, -0.1) is 0 Å². The first-order chi connectivity index (χ1) is 10.6. The zero-order valence-corrected chi connectivity index (χ0v) is 13.7. The summed E-state index contributed by atoms with van der Waals surface area (Å²) in [4.78, 5) is 0. The Hall–Kier alpha value is -1.48. The van der Waals surface area contributed by atoms with Crippen molar-refractivity contribution in [3.05, 3.63) is 28.8 Å². The number of rotatable bonds is 6. The molecule has 1 unspecified atom stereocenters. The molecule has 1 aromatic rings. The van der Waals surface area contributed by atoms with E-state index in [4.69, 9.17) is 0 Å². The van der Waals surface area contributed by atoms with Gasteiger partial charge in [0.25, 0.3) is 0 Å².